The smallest absolute Gasteiger partial charge is 0.183 e. The first-order valence-corrected chi connectivity index (χ1v) is 3.73. The Labute approximate surface area is 77.4 Å². The number of ether oxygens (including phenoxy) is 1. The molecule has 0 amide bonds. The standard InChI is InChI=1S/C6H12O5.CH4O/c1-2-3(7)4(8)5(9)6(10)11-2;1-2/h2-10H,1H3;2H,1H3/t2-,3-,4+,5+,6?;/m0./s1/i;1D. The van der Waals surface area contributed by atoms with Crippen LogP contribution in [0.25, 0.3) is 0 Å². The molecule has 0 saturated carbocycles. The molecule has 1 heterocycles. The van der Waals surface area contributed by atoms with Crippen LogP contribution >= 0.6 is 0 Å². The summed E-state index contributed by atoms with van der Waals surface area (Å²) in [6.07, 6.45) is -5.99. The molecular formula is C7H16O6. The molecule has 1 aliphatic heterocycles. The molecule has 0 radical (unpaired) electrons. The first-order valence-electron chi connectivity index (χ1n) is 4.44. The van der Waals surface area contributed by atoms with Crippen molar-refractivity contribution in [3.63, 3.8) is 0 Å². The molecule has 80 valence electrons. The molecule has 0 bridgehead atoms. The van der Waals surface area contributed by atoms with Crippen molar-refractivity contribution in [2.45, 2.75) is 37.6 Å². The van der Waals surface area contributed by atoms with Crippen molar-refractivity contribution < 1.29 is 31.6 Å². The predicted molar refractivity (Wildman–Crippen MR) is 42.7 cm³/mol. The van der Waals surface area contributed by atoms with E-state index in [0.29, 0.717) is 0 Å². The predicted octanol–water partition coefficient (Wildman–Crippen LogP) is -2.59. The maximum atomic E-state index is 9.09. The average Bonchev–Trinajstić information content (AvgIpc) is 2.13. The van der Waals surface area contributed by atoms with Gasteiger partial charge < -0.3 is 30.3 Å². The van der Waals surface area contributed by atoms with Crippen LogP contribution in [0.3, 0.4) is 0 Å². The van der Waals surface area contributed by atoms with Crippen molar-refractivity contribution >= 4 is 0 Å². The highest BCUT2D eigenvalue weighted by atomic mass is 16.6. The second-order valence-corrected chi connectivity index (χ2v) is 2.70. The summed E-state index contributed by atoms with van der Waals surface area (Å²) in [4.78, 5) is 0. The Morgan fingerprint density at radius 3 is 2.00 bits per heavy atom. The van der Waals surface area contributed by atoms with Crippen LogP contribution in [0.5, 0.6) is 0 Å². The fourth-order valence-corrected chi connectivity index (χ4v) is 1.03. The Bertz CT molecular complexity index is 143. The van der Waals surface area contributed by atoms with Crippen LogP contribution in [-0.2, 0) is 4.74 Å². The minimum Gasteiger partial charge on any atom is -0.400 e. The fraction of sp³-hybridized carbons (Fsp3) is 1.00. The quantitative estimate of drug-likeness (QED) is 0.291. The largest absolute Gasteiger partial charge is 0.400 e. The van der Waals surface area contributed by atoms with Gasteiger partial charge in [-0.2, -0.15) is 0 Å². The van der Waals surface area contributed by atoms with E-state index in [-0.39, 0.29) is 0 Å². The molecule has 1 aliphatic rings. The summed E-state index contributed by atoms with van der Waals surface area (Å²) in [5, 5.41) is 43.2. The lowest BCUT2D eigenvalue weighted by Gasteiger charge is -2.36. The van der Waals surface area contributed by atoms with Gasteiger partial charge in [0.15, 0.2) is 6.29 Å². The van der Waals surface area contributed by atoms with Gasteiger partial charge in [0, 0.05) is 7.09 Å². The van der Waals surface area contributed by atoms with Crippen LogP contribution in [0.2, 0.25) is 0 Å². The minimum atomic E-state index is -1.43. The Hall–Kier alpha value is -0.240. The van der Waals surface area contributed by atoms with Gasteiger partial charge in [-0.25, -0.2) is 0 Å². The van der Waals surface area contributed by atoms with E-state index in [1.807, 2.05) is 0 Å². The molecule has 0 spiro atoms. The summed E-state index contributed by atoms with van der Waals surface area (Å²) in [7, 11) is -0.500. The minimum absolute atomic E-state index is 0.500. The molecule has 1 unspecified atom stereocenters. The Morgan fingerprint density at radius 1 is 1.08 bits per heavy atom. The van der Waals surface area contributed by atoms with Gasteiger partial charge in [-0.1, -0.05) is 0 Å². The lowest BCUT2D eigenvalue weighted by atomic mass is 10.0. The van der Waals surface area contributed by atoms with Gasteiger partial charge in [-0.05, 0) is 6.92 Å². The number of aliphatic hydroxyl groups excluding tert-OH is 5. The van der Waals surface area contributed by atoms with E-state index in [4.69, 9.17) is 26.9 Å². The van der Waals surface area contributed by atoms with Crippen molar-refractivity contribution in [2.24, 2.45) is 0 Å². The summed E-state index contributed by atoms with van der Waals surface area (Å²) in [6, 6.07) is 0. The van der Waals surface area contributed by atoms with Crippen molar-refractivity contribution in [1.82, 2.24) is 0 Å². The zero-order valence-corrected chi connectivity index (χ0v) is 7.24. The van der Waals surface area contributed by atoms with E-state index in [1.54, 1.807) is 0 Å². The molecule has 5 atom stereocenters. The zero-order chi connectivity index (χ0) is 11.3. The van der Waals surface area contributed by atoms with Crippen LogP contribution in [-0.4, -0.2) is 63.3 Å². The normalized spacial score (nSPS) is 46.0. The van der Waals surface area contributed by atoms with Crippen LogP contribution in [0.4, 0.5) is 0 Å². The van der Waals surface area contributed by atoms with E-state index >= 15 is 0 Å². The highest BCUT2D eigenvalue weighted by Gasteiger charge is 2.40. The van der Waals surface area contributed by atoms with Gasteiger partial charge in [0.1, 0.15) is 18.3 Å². The maximum Gasteiger partial charge on any atom is 0.183 e. The first kappa shape index (κ1) is 10.8. The third-order valence-corrected chi connectivity index (χ3v) is 1.83. The molecule has 1 saturated heterocycles. The van der Waals surface area contributed by atoms with Gasteiger partial charge in [0.25, 0.3) is 0 Å². The SMILES string of the molecule is C[C@@H]1OC(O)[C@H](O)[C@H](O)[C@H]1O.[2H]CO. The van der Waals surface area contributed by atoms with E-state index in [1.165, 1.54) is 6.92 Å². The molecule has 13 heavy (non-hydrogen) atoms. The van der Waals surface area contributed by atoms with Gasteiger partial charge in [-0.15, -0.1) is 0 Å². The molecule has 5 N–H and O–H groups in total. The highest BCUT2D eigenvalue weighted by Crippen LogP contribution is 2.18. The molecule has 6 nitrogen and oxygen atoms in total. The first-order chi connectivity index (χ1) is 6.45. The number of aliphatic hydroxyl groups is 5. The van der Waals surface area contributed by atoms with Gasteiger partial charge in [-0.3, -0.25) is 0 Å². The summed E-state index contributed by atoms with van der Waals surface area (Å²) in [5.41, 5.74) is 0. The summed E-state index contributed by atoms with van der Waals surface area (Å²) >= 11 is 0. The average molecular weight is 197 g/mol. The van der Waals surface area contributed by atoms with Gasteiger partial charge in [0.05, 0.1) is 7.47 Å². The Kier molecular flexibility index (Phi) is 4.57. The molecule has 1 rings (SSSR count). The molecular weight excluding hydrogens is 180 g/mol. The van der Waals surface area contributed by atoms with Crippen molar-refractivity contribution in [1.29, 1.82) is 0 Å². The van der Waals surface area contributed by atoms with Crippen molar-refractivity contribution in [3.8, 4) is 0 Å². The summed E-state index contributed by atoms with van der Waals surface area (Å²) in [5.74, 6) is 0. The lowest BCUT2D eigenvalue weighted by molar-refractivity contribution is -0.277. The van der Waals surface area contributed by atoms with E-state index in [0.717, 1.165) is 0 Å². The maximum absolute atomic E-state index is 9.09. The van der Waals surface area contributed by atoms with Gasteiger partial charge in [0.2, 0.25) is 0 Å². The third kappa shape index (κ3) is 2.87. The second-order valence-electron chi connectivity index (χ2n) is 2.70. The van der Waals surface area contributed by atoms with E-state index in [2.05, 4.69) is 4.74 Å². The number of hydrogen-bond acceptors (Lipinski definition) is 6. The summed E-state index contributed by atoms with van der Waals surface area (Å²) < 4.78 is 10.4. The van der Waals surface area contributed by atoms with Crippen LogP contribution in [0, 0.1) is 0 Å². The molecule has 0 aromatic heterocycles. The summed E-state index contributed by atoms with van der Waals surface area (Å²) in [6.45, 7) is 1.50. The highest BCUT2D eigenvalue weighted by molar-refractivity contribution is 4.86. The number of rotatable bonds is 0. The zero-order valence-electron chi connectivity index (χ0n) is 8.24. The lowest BCUT2D eigenvalue weighted by Crippen LogP contribution is -2.56. The van der Waals surface area contributed by atoms with Crippen LogP contribution in [0.15, 0.2) is 0 Å². The second kappa shape index (κ2) is 5.48. The van der Waals surface area contributed by atoms with Crippen molar-refractivity contribution in [3.05, 3.63) is 0 Å². The Morgan fingerprint density at radius 2 is 1.54 bits per heavy atom. The molecule has 0 aliphatic carbocycles. The molecule has 0 aromatic carbocycles. The molecule has 6 heteroatoms. The van der Waals surface area contributed by atoms with Gasteiger partial charge >= 0.3 is 0 Å². The van der Waals surface area contributed by atoms with Crippen molar-refractivity contribution in [2.75, 3.05) is 7.09 Å². The molecule has 0 aromatic rings. The molecule has 1 fully saturated rings. The van der Waals surface area contributed by atoms with Crippen LogP contribution in [0.1, 0.15) is 8.29 Å². The monoisotopic (exact) mass is 197 g/mol. The topological polar surface area (TPSA) is 110 Å². The fourth-order valence-electron chi connectivity index (χ4n) is 1.03. The van der Waals surface area contributed by atoms with E-state index in [9.17, 15) is 0 Å². The van der Waals surface area contributed by atoms with Crippen LogP contribution < -0.4 is 0 Å². The third-order valence-electron chi connectivity index (χ3n) is 1.83. The van der Waals surface area contributed by atoms with E-state index < -0.39 is 37.8 Å². The number of hydrogen-bond donors (Lipinski definition) is 5. The Balaban J connectivity index is 0.000000500.